The number of aryl methyl sites for hydroxylation is 1. The third-order valence-corrected chi connectivity index (χ3v) is 2.92. The Bertz CT molecular complexity index is 484. The van der Waals surface area contributed by atoms with Crippen LogP contribution < -0.4 is 4.90 Å². The maximum absolute atomic E-state index is 10.5. The highest BCUT2D eigenvalue weighted by Gasteiger charge is 2.14. The maximum Gasteiger partial charge on any atom is 0.328 e. The summed E-state index contributed by atoms with van der Waals surface area (Å²) in [6.45, 7) is 7.60. The molecule has 0 aliphatic heterocycles. The average molecular weight is 278 g/mol. The van der Waals surface area contributed by atoms with Crippen LogP contribution in [0, 0.1) is 6.92 Å². The second-order valence-corrected chi connectivity index (χ2v) is 4.86. The Hall–Kier alpha value is -1.88. The first-order valence-corrected chi connectivity index (χ1v) is 6.59. The van der Waals surface area contributed by atoms with E-state index in [9.17, 15) is 4.79 Å². The van der Waals surface area contributed by atoms with Gasteiger partial charge in [-0.3, -0.25) is 0 Å². The van der Waals surface area contributed by atoms with Crippen LogP contribution in [0.3, 0.4) is 0 Å². The number of rotatable bonds is 7. The molecule has 5 nitrogen and oxygen atoms in total. The summed E-state index contributed by atoms with van der Waals surface area (Å²) in [4.78, 5) is 17.1. The molecule has 0 fully saturated rings. The molecule has 0 amide bonds. The minimum absolute atomic E-state index is 0.316. The number of ether oxygens (including phenoxy) is 1. The Morgan fingerprint density at radius 1 is 1.55 bits per heavy atom. The molecule has 1 aromatic rings. The van der Waals surface area contributed by atoms with Gasteiger partial charge >= 0.3 is 5.97 Å². The minimum atomic E-state index is -0.962. The van der Waals surface area contributed by atoms with Gasteiger partial charge in [0.25, 0.3) is 0 Å². The summed E-state index contributed by atoms with van der Waals surface area (Å²) in [6.07, 6.45) is 4.34. The third-order valence-electron chi connectivity index (χ3n) is 2.92. The van der Waals surface area contributed by atoms with Crippen LogP contribution in [0.25, 0.3) is 6.08 Å². The summed E-state index contributed by atoms with van der Waals surface area (Å²) in [6, 6.07) is 2.25. The van der Waals surface area contributed by atoms with Gasteiger partial charge in [0.15, 0.2) is 0 Å². The fourth-order valence-corrected chi connectivity index (χ4v) is 1.95. The van der Waals surface area contributed by atoms with Crippen molar-refractivity contribution in [2.24, 2.45) is 0 Å². The lowest BCUT2D eigenvalue weighted by atomic mass is 10.1. The van der Waals surface area contributed by atoms with Crippen molar-refractivity contribution in [3.05, 3.63) is 29.5 Å². The van der Waals surface area contributed by atoms with Crippen molar-refractivity contribution in [1.82, 2.24) is 4.98 Å². The molecule has 0 aromatic carbocycles. The molecular weight excluding hydrogens is 256 g/mol. The zero-order chi connectivity index (χ0) is 15.1. The third kappa shape index (κ3) is 4.66. The van der Waals surface area contributed by atoms with E-state index in [0.29, 0.717) is 12.6 Å². The molecule has 0 saturated heterocycles. The minimum Gasteiger partial charge on any atom is -0.478 e. The number of carboxylic acid groups (broad SMARTS) is 1. The Labute approximate surface area is 119 Å². The zero-order valence-corrected chi connectivity index (χ0v) is 12.5. The highest BCUT2D eigenvalue weighted by Crippen LogP contribution is 2.20. The summed E-state index contributed by atoms with van der Waals surface area (Å²) < 4.78 is 5.13. The first-order chi connectivity index (χ1) is 9.45. The number of pyridine rings is 1. The van der Waals surface area contributed by atoms with Gasteiger partial charge in [-0.1, -0.05) is 0 Å². The van der Waals surface area contributed by atoms with Gasteiger partial charge in [0.05, 0.1) is 6.61 Å². The van der Waals surface area contributed by atoms with Crippen molar-refractivity contribution in [3.63, 3.8) is 0 Å². The zero-order valence-electron chi connectivity index (χ0n) is 12.5. The molecule has 0 radical (unpaired) electrons. The highest BCUT2D eigenvalue weighted by atomic mass is 16.5. The van der Waals surface area contributed by atoms with E-state index < -0.39 is 5.97 Å². The SMILES string of the molecule is COCCN(c1ncc(/C=C/C(=O)O)cc1C)C(C)C. The summed E-state index contributed by atoms with van der Waals surface area (Å²) >= 11 is 0. The van der Waals surface area contributed by atoms with Crippen molar-refractivity contribution in [3.8, 4) is 0 Å². The molecule has 0 atom stereocenters. The summed E-state index contributed by atoms with van der Waals surface area (Å²) in [5.41, 5.74) is 1.80. The number of methoxy groups -OCH3 is 1. The summed E-state index contributed by atoms with van der Waals surface area (Å²) in [5.74, 6) is -0.0554. The van der Waals surface area contributed by atoms with E-state index in [1.54, 1.807) is 19.4 Å². The molecular formula is C15H22N2O3. The lowest BCUT2D eigenvalue weighted by Crippen LogP contribution is -2.35. The maximum atomic E-state index is 10.5. The van der Waals surface area contributed by atoms with Gasteiger partial charge < -0.3 is 14.7 Å². The monoisotopic (exact) mass is 278 g/mol. The molecule has 0 spiro atoms. The fraction of sp³-hybridized carbons (Fsp3) is 0.467. The molecule has 5 heteroatoms. The van der Waals surface area contributed by atoms with Gasteiger partial charge in [-0.15, -0.1) is 0 Å². The van der Waals surface area contributed by atoms with Gasteiger partial charge in [-0.2, -0.15) is 0 Å². The number of carboxylic acids is 1. The van der Waals surface area contributed by atoms with E-state index in [-0.39, 0.29) is 0 Å². The lowest BCUT2D eigenvalue weighted by Gasteiger charge is -2.29. The molecule has 0 bridgehead atoms. The van der Waals surface area contributed by atoms with Gasteiger partial charge in [0.1, 0.15) is 5.82 Å². The van der Waals surface area contributed by atoms with Gasteiger partial charge in [-0.25, -0.2) is 9.78 Å². The van der Waals surface area contributed by atoms with E-state index >= 15 is 0 Å². The fourth-order valence-electron chi connectivity index (χ4n) is 1.95. The number of aliphatic carboxylic acids is 1. The first kappa shape index (κ1) is 16.2. The van der Waals surface area contributed by atoms with E-state index in [2.05, 4.69) is 23.7 Å². The molecule has 110 valence electrons. The average Bonchev–Trinajstić information content (AvgIpc) is 2.38. The van der Waals surface area contributed by atoms with E-state index in [4.69, 9.17) is 9.84 Å². The van der Waals surface area contributed by atoms with E-state index in [1.165, 1.54) is 0 Å². The Morgan fingerprint density at radius 2 is 2.25 bits per heavy atom. The van der Waals surface area contributed by atoms with Crippen molar-refractivity contribution < 1.29 is 14.6 Å². The second kappa shape index (κ2) is 7.65. The van der Waals surface area contributed by atoms with Crippen molar-refractivity contribution >= 4 is 17.9 Å². The Morgan fingerprint density at radius 3 is 2.75 bits per heavy atom. The number of hydrogen-bond acceptors (Lipinski definition) is 4. The quantitative estimate of drug-likeness (QED) is 0.776. The molecule has 0 saturated carbocycles. The molecule has 1 N–H and O–H groups in total. The predicted octanol–water partition coefficient (Wildman–Crippen LogP) is 2.35. The van der Waals surface area contributed by atoms with E-state index in [0.717, 1.165) is 29.6 Å². The Balaban J connectivity index is 2.97. The number of aromatic nitrogens is 1. The van der Waals surface area contributed by atoms with Crippen molar-refractivity contribution in [1.29, 1.82) is 0 Å². The lowest BCUT2D eigenvalue weighted by molar-refractivity contribution is -0.131. The normalized spacial score (nSPS) is 11.2. The molecule has 1 aromatic heterocycles. The van der Waals surface area contributed by atoms with Gasteiger partial charge in [0, 0.05) is 32.0 Å². The second-order valence-electron chi connectivity index (χ2n) is 4.86. The van der Waals surface area contributed by atoms with Crippen LogP contribution in [0.15, 0.2) is 18.3 Å². The number of carbonyl (C=O) groups is 1. The van der Waals surface area contributed by atoms with Gasteiger partial charge in [0.2, 0.25) is 0 Å². The first-order valence-electron chi connectivity index (χ1n) is 6.59. The number of nitrogens with zero attached hydrogens (tertiary/aromatic N) is 2. The largest absolute Gasteiger partial charge is 0.478 e. The number of anilines is 1. The van der Waals surface area contributed by atoms with E-state index in [1.807, 2.05) is 13.0 Å². The van der Waals surface area contributed by atoms with Crippen molar-refractivity contribution in [2.45, 2.75) is 26.8 Å². The smallest absolute Gasteiger partial charge is 0.328 e. The topological polar surface area (TPSA) is 62.7 Å². The summed E-state index contributed by atoms with van der Waals surface area (Å²) in [7, 11) is 1.68. The molecule has 1 rings (SSSR count). The Kier molecular flexibility index (Phi) is 6.18. The predicted molar refractivity (Wildman–Crippen MR) is 80.0 cm³/mol. The molecule has 1 heterocycles. The number of hydrogen-bond donors (Lipinski definition) is 1. The van der Waals surface area contributed by atoms with Crippen LogP contribution in [0.1, 0.15) is 25.0 Å². The van der Waals surface area contributed by atoms with Crippen LogP contribution >= 0.6 is 0 Å². The van der Waals surface area contributed by atoms with Crippen LogP contribution in [-0.4, -0.2) is 42.4 Å². The molecule has 0 unspecified atom stereocenters. The molecule has 20 heavy (non-hydrogen) atoms. The molecule has 0 aliphatic rings. The van der Waals surface area contributed by atoms with Gasteiger partial charge in [-0.05, 0) is 44.0 Å². The van der Waals surface area contributed by atoms with Crippen LogP contribution in [0.4, 0.5) is 5.82 Å². The molecule has 0 aliphatic carbocycles. The standard InChI is InChI=1S/C15H22N2O3/c1-11(2)17(7-8-20-4)15-12(3)9-13(10-16-15)5-6-14(18)19/h5-6,9-11H,7-8H2,1-4H3,(H,18,19)/b6-5+. The van der Waals surface area contributed by atoms with Crippen LogP contribution in [0.5, 0.6) is 0 Å². The van der Waals surface area contributed by atoms with Crippen LogP contribution in [0.2, 0.25) is 0 Å². The summed E-state index contributed by atoms with van der Waals surface area (Å²) in [5, 5.41) is 8.63. The highest BCUT2D eigenvalue weighted by molar-refractivity contribution is 5.85. The van der Waals surface area contributed by atoms with Crippen LogP contribution in [-0.2, 0) is 9.53 Å². The van der Waals surface area contributed by atoms with Crippen molar-refractivity contribution in [2.75, 3.05) is 25.2 Å².